The Kier molecular flexibility index (Phi) is 7.78. The van der Waals surface area contributed by atoms with Crippen LogP contribution in [-0.4, -0.2) is 61.1 Å². The number of ether oxygens (including phenoxy) is 2. The summed E-state index contributed by atoms with van der Waals surface area (Å²) in [6.07, 6.45) is 2.22. The van der Waals surface area contributed by atoms with Crippen molar-refractivity contribution in [1.29, 1.82) is 0 Å². The number of amides is 2. The van der Waals surface area contributed by atoms with Crippen LogP contribution in [0.25, 0.3) is 0 Å². The number of methoxy groups -OCH3 is 2. The zero-order chi connectivity index (χ0) is 28.3. The smallest absolute Gasteiger partial charge is 0.320 e. The summed E-state index contributed by atoms with van der Waals surface area (Å²) in [5.74, 6) is -0.588. The molecule has 0 aromatic heterocycles. The van der Waals surface area contributed by atoms with E-state index in [1.807, 2.05) is 59.5 Å². The molecule has 2 N–H and O–H groups in total. The van der Waals surface area contributed by atoms with E-state index in [2.05, 4.69) is 5.32 Å². The van der Waals surface area contributed by atoms with Crippen LogP contribution in [0.4, 0.5) is 0 Å². The molecule has 1 saturated heterocycles. The molecule has 1 unspecified atom stereocenters. The van der Waals surface area contributed by atoms with Crippen molar-refractivity contribution in [2.75, 3.05) is 27.3 Å². The molecule has 0 bridgehead atoms. The fraction of sp³-hybridized carbons (Fsp3) is 0.344. The number of aromatic hydroxyl groups is 1. The van der Waals surface area contributed by atoms with E-state index < -0.39 is 5.41 Å². The van der Waals surface area contributed by atoms with Crippen LogP contribution in [0.15, 0.2) is 72.8 Å². The molecule has 0 radical (unpaired) electrons. The van der Waals surface area contributed by atoms with Gasteiger partial charge in [0.05, 0.1) is 25.7 Å². The lowest BCUT2D eigenvalue weighted by Gasteiger charge is -2.42. The van der Waals surface area contributed by atoms with E-state index in [0.717, 1.165) is 16.7 Å². The minimum Gasteiger partial charge on any atom is -0.508 e. The number of benzene rings is 3. The van der Waals surface area contributed by atoms with Gasteiger partial charge in [-0.15, -0.1) is 0 Å². The van der Waals surface area contributed by atoms with Gasteiger partial charge in [-0.1, -0.05) is 54.6 Å². The first-order valence-corrected chi connectivity index (χ1v) is 13.6. The molecule has 40 heavy (non-hydrogen) atoms. The predicted octanol–water partition coefficient (Wildman–Crippen LogP) is 4.16. The molecule has 3 aromatic rings. The molecule has 2 atom stereocenters. The number of phenolic OH excluding ortho intramolecular Hbond substituents is 1. The van der Waals surface area contributed by atoms with Gasteiger partial charge in [-0.05, 0) is 60.6 Å². The lowest BCUT2D eigenvalue weighted by atomic mass is 9.63. The van der Waals surface area contributed by atoms with Gasteiger partial charge in [0.2, 0.25) is 5.91 Å². The Labute approximate surface area is 233 Å². The second kappa shape index (κ2) is 11.4. The first kappa shape index (κ1) is 27.2. The summed E-state index contributed by atoms with van der Waals surface area (Å²) in [5.41, 5.74) is 1.85. The Morgan fingerprint density at radius 3 is 2.33 bits per heavy atom. The number of likely N-dealkylation sites (tertiary alicyclic amines) is 1. The second-order valence-electron chi connectivity index (χ2n) is 10.4. The van der Waals surface area contributed by atoms with Crippen LogP contribution in [-0.2, 0) is 19.7 Å². The molecule has 1 heterocycles. The van der Waals surface area contributed by atoms with Crippen molar-refractivity contribution in [2.45, 2.75) is 43.1 Å². The van der Waals surface area contributed by atoms with Gasteiger partial charge in [0.15, 0.2) is 0 Å². The van der Waals surface area contributed by atoms with Crippen LogP contribution in [0.1, 0.15) is 58.6 Å². The second-order valence-corrected chi connectivity index (χ2v) is 10.4. The van der Waals surface area contributed by atoms with Crippen LogP contribution < -0.4 is 10.1 Å². The molecule has 1 aliphatic heterocycles. The van der Waals surface area contributed by atoms with Crippen LogP contribution in [0.5, 0.6) is 11.5 Å². The third-order valence-electron chi connectivity index (χ3n) is 8.27. The number of fused-ring (bicyclic) bond motifs is 1. The fourth-order valence-electron chi connectivity index (χ4n) is 6.22. The van der Waals surface area contributed by atoms with Crippen molar-refractivity contribution < 1.29 is 29.0 Å². The molecule has 5 rings (SSSR count). The van der Waals surface area contributed by atoms with Gasteiger partial charge >= 0.3 is 5.97 Å². The molecular formula is C32H34N2O6. The van der Waals surface area contributed by atoms with E-state index in [9.17, 15) is 19.5 Å². The number of rotatable bonds is 6. The Balaban J connectivity index is 1.31. The minimum absolute atomic E-state index is 0.0115. The summed E-state index contributed by atoms with van der Waals surface area (Å²) >= 11 is 0. The van der Waals surface area contributed by atoms with Gasteiger partial charge in [-0.25, -0.2) is 0 Å². The maximum absolute atomic E-state index is 13.9. The average Bonchev–Trinajstić information content (AvgIpc) is 3.00. The van der Waals surface area contributed by atoms with Crippen molar-refractivity contribution >= 4 is 17.8 Å². The number of piperidine rings is 1. The molecule has 0 saturated carbocycles. The largest absolute Gasteiger partial charge is 0.508 e. The Hall–Kier alpha value is -4.33. The number of nitrogens with zero attached hydrogens (tertiary/aromatic N) is 1. The third kappa shape index (κ3) is 4.90. The van der Waals surface area contributed by atoms with Gasteiger partial charge in [-0.3, -0.25) is 14.4 Å². The van der Waals surface area contributed by atoms with E-state index in [1.54, 1.807) is 6.07 Å². The lowest BCUT2D eigenvalue weighted by molar-refractivity contribution is -0.147. The quantitative estimate of drug-likeness (QED) is 0.454. The van der Waals surface area contributed by atoms with Gasteiger partial charge < -0.3 is 24.8 Å². The molecule has 2 aliphatic rings. The van der Waals surface area contributed by atoms with Gasteiger partial charge in [0.1, 0.15) is 16.9 Å². The number of hydrogen-bond acceptors (Lipinski definition) is 6. The summed E-state index contributed by atoms with van der Waals surface area (Å²) in [6.45, 7) is 1.03. The lowest BCUT2D eigenvalue weighted by Crippen LogP contribution is -2.49. The molecule has 2 amide bonds. The first-order chi connectivity index (χ1) is 19.4. The van der Waals surface area contributed by atoms with Crippen LogP contribution in [0.2, 0.25) is 0 Å². The predicted molar refractivity (Wildman–Crippen MR) is 149 cm³/mol. The maximum Gasteiger partial charge on any atom is 0.320 e. The number of carbonyl (C=O) groups is 3. The van der Waals surface area contributed by atoms with Crippen molar-refractivity contribution in [2.24, 2.45) is 0 Å². The Bertz CT molecular complexity index is 1400. The zero-order valence-electron chi connectivity index (χ0n) is 22.8. The first-order valence-electron chi connectivity index (χ1n) is 13.6. The molecular weight excluding hydrogens is 508 g/mol. The maximum atomic E-state index is 13.9. The van der Waals surface area contributed by atoms with Crippen molar-refractivity contribution in [3.63, 3.8) is 0 Å². The molecule has 208 valence electrons. The highest BCUT2D eigenvalue weighted by Gasteiger charge is 2.49. The topological polar surface area (TPSA) is 105 Å². The number of esters is 1. The van der Waals surface area contributed by atoms with Crippen molar-refractivity contribution in [3.8, 4) is 11.5 Å². The number of hydrogen-bond donors (Lipinski definition) is 2. The normalized spacial score (nSPS) is 20.8. The summed E-state index contributed by atoms with van der Waals surface area (Å²) < 4.78 is 10.6. The highest BCUT2D eigenvalue weighted by atomic mass is 16.5. The highest BCUT2D eigenvalue weighted by Crippen LogP contribution is 2.48. The molecule has 0 spiro atoms. The SMILES string of the molecule is COC(=O)[C@]1(c2ccccc2)CCC(C(=O)N2CCC(NC(=O)c3cc(O)ccc3OC)CC2)c2ccccc21. The molecule has 1 fully saturated rings. The van der Waals surface area contributed by atoms with Crippen molar-refractivity contribution in [3.05, 3.63) is 95.1 Å². The molecule has 1 aliphatic carbocycles. The fourth-order valence-corrected chi connectivity index (χ4v) is 6.22. The van der Waals surface area contributed by atoms with Gasteiger partial charge in [0.25, 0.3) is 5.91 Å². The third-order valence-corrected chi connectivity index (χ3v) is 8.27. The Morgan fingerprint density at radius 1 is 0.925 bits per heavy atom. The zero-order valence-corrected chi connectivity index (χ0v) is 22.8. The Morgan fingerprint density at radius 2 is 1.62 bits per heavy atom. The van der Waals surface area contributed by atoms with Gasteiger partial charge in [0, 0.05) is 19.1 Å². The summed E-state index contributed by atoms with van der Waals surface area (Å²) in [4.78, 5) is 41.9. The minimum atomic E-state index is -0.965. The van der Waals surface area contributed by atoms with E-state index >= 15 is 0 Å². The number of phenols is 1. The monoisotopic (exact) mass is 542 g/mol. The van der Waals surface area contributed by atoms with Crippen LogP contribution in [0, 0.1) is 0 Å². The highest BCUT2D eigenvalue weighted by molar-refractivity contribution is 5.97. The van der Waals surface area contributed by atoms with Gasteiger partial charge in [-0.2, -0.15) is 0 Å². The van der Waals surface area contributed by atoms with E-state index in [1.165, 1.54) is 26.4 Å². The van der Waals surface area contributed by atoms with Crippen LogP contribution in [0.3, 0.4) is 0 Å². The number of carbonyl (C=O) groups excluding carboxylic acids is 3. The summed E-state index contributed by atoms with van der Waals surface area (Å²) in [7, 11) is 2.89. The molecule has 8 heteroatoms. The average molecular weight is 543 g/mol. The van der Waals surface area contributed by atoms with Crippen LogP contribution >= 0.6 is 0 Å². The van der Waals surface area contributed by atoms with E-state index in [4.69, 9.17) is 9.47 Å². The summed E-state index contributed by atoms with van der Waals surface area (Å²) in [6, 6.07) is 21.7. The molecule has 3 aromatic carbocycles. The van der Waals surface area contributed by atoms with E-state index in [-0.39, 0.29) is 41.1 Å². The summed E-state index contributed by atoms with van der Waals surface area (Å²) in [5, 5.41) is 12.8. The van der Waals surface area contributed by atoms with Crippen molar-refractivity contribution in [1.82, 2.24) is 10.2 Å². The van der Waals surface area contributed by atoms with E-state index in [0.29, 0.717) is 44.5 Å². The molecule has 8 nitrogen and oxygen atoms in total. The number of nitrogens with one attached hydrogen (secondary N) is 1. The standard InChI is InChI=1S/C32H34N2O6/c1-39-28-13-12-23(35)20-26(28)29(36)33-22-15-18-34(19-16-22)30(37)25-14-17-32(31(38)40-2,21-8-4-3-5-9-21)27-11-7-6-10-24(25)27/h3-13,20,22,25,35H,14-19H2,1-2H3,(H,33,36)/t25?,32-/m0/s1.